The van der Waals surface area contributed by atoms with E-state index < -0.39 is 20.6 Å². The average Bonchev–Trinajstić information content (AvgIpc) is 2.34. The Morgan fingerprint density at radius 1 is 1.47 bits per heavy atom. The number of allylic oxidation sites excluding steroid dienone is 1. The van der Waals surface area contributed by atoms with Gasteiger partial charge < -0.3 is 0 Å². The maximum atomic E-state index is 12.0. The van der Waals surface area contributed by atoms with Gasteiger partial charge in [0.25, 0.3) is 5.69 Å². The number of sulfonamides is 1. The first-order chi connectivity index (χ1) is 8.88. The van der Waals surface area contributed by atoms with Crippen LogP contribution in [0, 0.1) is 10.1 Å². The first-order valence-corrected chi connectivity index (χ1v) is 7.71. The second-order valence-electron chi connectivity index (χ2n) is 3.62. The van der Waals surface area contributed by atoms with Crippen LogP contribution in [0.4, 0.5) is 5.69 Å². The molecule has 0 saturated heterocycles. The number of nitrogens with zero attached hydrogens (tertiary/aromatic N) is 1. The summed E-state index contributed by atoms with van der Waals surface area (Å²) in [4.78, 5) is 9.79. The Labute approximate surface area is 119 Å². The van der Waals surface area contributed by atoms with Crippen LogP contribution in [-0.2, 0) is 10.0 Å². The molecule has 19 heavy (non-hydrogen) atoms. The molecule has 0 bridgehead atoms. The predicted octanol–water partition coefficient (Wildman–Crippen LogP) is 2.60. The zero-order valence-corrected chi connectivity index (χ0v) is 12.6. The Balaban J connectivity index is 3.06. The molecule has 104 valence electrons. The minimum atomic E-state index is -3.89. The number of nitrogens with one attached hydrogen (secondary N) is 1. The zero-order chi connectivity index (χ0) is 14.5. The molecule has 0 aliphatic rings. The number of benzene rings is 1. The van der Waals surface area contributed by atoms with Gasteiger partial charge in [-0.1, -0.05) is 28.1 Å². The second kappa shape index (κ2) is 6.78. The second-order valence-corrected chi connectivity index (χ2v) is 6.28. The van der Waals surface area contributed by atoms with Gasteiger partial charge >= 0.3 is 0 Å². The van der Waals surface area contributed by atoms with Crippen molar-refractivity contribution in [1.82, 2.24) is 4.72 Å². The zero-order valence-electron chi connectivity index (χ0n) is 10.2. The van der Waals surface area contributed by atoms with Crippen molar-refractivity contribution in [3.05, 3.63) is 44.9 Å². The van der Waals surface area contributed by atoms with Crippen molar-refractivity contribution in [3.63, 3.8) is 0 Å². The standard InChI is InChI=1S/C11H13BrN2O4S/c1-2-3-4-7-13-19(17,18)11-8-9(12)5-6-10(11)14(15)16/h2-3,5-6,8,13H,4,7H2,1H3/b3-2+. The van der Waals surface area contributed by atoms with Gasteiger partial charge in [0.2, 0.25) is 10.0 Å². The van der Waals surface area contributed by atoms with Gasteiger partial charge in [0.15, 0.2) is 4.90 Å². The molecule has 0 aromatic heterocycles. The highest BCUT2D eigenvalue weighted by Gasteiger charge is 2.25. The molecule has 8 heteroatoms. The molecule has 0 saturated carbocycles. The van der Waals surface area contributed by atoms with Gasteiger partial charge in [0.1, 0.15) is 0 Å². The monoisotopic (exact) mass is 348 g/mol. The summed E-state index contributed by atoms with van der Waals surface area (Å²) in [7, 11) is -3.89. The van der Waals surface area contributed by atoms with E-state index >= 15 is 0 Å². The number of nitro groups is 1. The van der Waals surface area contributed by atoms with E-state index in [4.69, 9.17) is 0 Å². The Bertz CT molecular complexity index is 599. The lowest BCUT2D eigenvalue weighted by molar-refractivity contribution is -0.387. The first kappa shape index (κ1) is 15.8. The Morgan fingerprint density at radius 3 is 2.74 bits per heavy atom. The van der Waals surface area contributed by atoms with E-state index in [1.807, 2.05) is 6.92 Å². The van der Waals surface area contributed by atoms with Crippen LogP contribution >= 0.6 is 15.9 Å². The molecule has 1 aromatic rings. The molecular weight excluding hydrogens is 336 g/mol. The first-order valence-electron chi connectivity index (χ1n) is 5.43. The van der Waals surface area contributed by atoms with Crippen LogP contribution in [0.2, 0.25) is 0 Å². The van der Waals surface area contributed by atoms with Crippen molar-refractivity contribution in [3.8, 4) is 0 Å². The summed E-state index contributed by atoms with van der Waals surface area (Å²) in [6, 6.07) is 3.80. The summed E-state index contributed by atoms with van der Waals surface area (Å²) >= 11 is 3.10. The van der Waals surface area contributed by atoms with E-state index in [0.717, 1.165) is 6.07 Å². The maximum Gasteiger partial charge on any atom is 0.289 e. The molecule has 0 aliphatic heterocycles. The van der Waals surface area contributed by atoms with Crippen LogP contribution in [0.1, 0.15) is 13.3 Å². The lowest BCUT2D eigenvalue weighted by atomic mass is 10.3. The van der Waals surface area contributed by atoms with Gasteiger partial charge in [0.05, 0.1) is 4.92 Å². The molecule has 0 amide bonds. The van der Waals surface area contributed by atoms with E-state index in [1.54, 1.807) is 12.2 Å². The van der Waals surface area contributed by atoms with Gasteiger partial charge in [-0.15, -0.1) is 0 Å². The summed E-state index contributed by atoms with van der Waals surface area (Å²) in [6.45, 7) is 2.02. The van der Waals surface area contributed by atoms with Crippen molar-refractivity contribution in [1.29, 1.82) is 0 Å². The minimum absolute atomic E-state index is 0.191. The number of rotatable bonds is 6. The fourth-order valence-electron chi connectivity index (χ4n) is 1.38. The minimum Gasteiger partial charge on any atom is -0.258 e. The molecule has 6 nitrogen and oxygen atoms in total. The fourth-order valence-corrected chi connectivity index (χ4v) is 3.13. The number of halogens is 1. The van der Waals surface area contributed by atoms with E-state index in [0.29, 0.717) is 10.9 Å². The normalized spacial score (nSPS) is 11.9. The average molecular weight is 349 g/mol. The third-order valence-electron chi connectivity index (χ3n) is 2.25. The SMILES string of the molecule is C/C=C/CCNS(=O)(=O)c1cc(Br)ccc1[N+](=O)[O-]. The molecular formula is C11H13BrN2O4S. The van der Waals surface area contributed by atoms with E-state index in [9.17, 15) is 18.5 Å². The summed E-state index contributed by atoms with van der Waals surface area (Å²) in [5.74, 6) is 0. The Kier molecular flexibility index (Phi) is 5.64. The van der Waals surface area contributed by atoms with E-state index in [1.165, 1.54) is 12.1 Å². The largest absolute Gasteiger partial charge is 0.289 e. The molecule has 1 aromatic carbocycles. The molecule has 0 radical (unpaired) electrons. The smallest absolute Gasteiger partial charge is 0.258 e. The number of hydrogen-bond acceptors (Lipinski definition) is 4. The highest BCUT2D eigenvalue weighted by Crippen LogP contribution is 2.26. The van der Waals surface area contributed by atoms with Crippen LogP contribution in [0.3, 0.4) is 0 Å². The molecule has 0 atom stereocenters. The molecule has 1 N–H and O–H groups in total. The fraction of sp³-hybridized carbons (Fsp3) is 0.273. The van der Waals surface area contributed by atoms with Crippen molar-refractivity contribution < 1.29 is 13.3 Å². The van der Waals surface area contributed by atoms with Gasteiger partial charge in [-0.25, -0.2) is 13.1 Å². The van der Waals surface area contributed by atoms with Gasteiger partial charge in [0, 0.05) is 17.1 Å². The van der Waals surface area contributed by atoms with E-state index in [2.05, 4.69) is 20.7 Å². The van der Waals surface area contributed by atoms with Crippen molar-refractivity contribution in [2.75, 3.05) is 6.54 Å². The van der Waals surface area contributed by atoms with Crippen molar-refractivity contribution >= 4 is 31.6 Å². The van der Waals surface area contributed by atoms with Gasteiger partial charge in [-0.2, -0.15) is 0 Å². The molecule has 0 fully saturated rings. The molecule has 0 unspecified atom stereocenters. The lowest BCUT2D eigenvalue weighted by Gasteiger charge is -2.06. The van der Waals surface area contributed by atoms with E-state index in [-0.39, 0.29) is 11.4 Å². The topological polar surface area (TPSA) is 89.3 Å². The summed E-state index contributed by atoms with van der Waals surface area (Å²) in [6.07, 6.45) is 4.13. The lowest BCUT2D eigenvalue weighted by Crippen LogP contribution is -2.25. The van der Waals surface area contributed by atoms with Crippen LogP contribution < -0.4 is 4.72 Å². The van der Waals surface area contributed by atoms with Crippen LogP contribution in [-0.4, -0.2) is 19.9 Å². The summed E-state index contributed by atoms with van der Waals surface area (Å²) in [5, 5.41) is 10.8. The number of hydrogen-bond donors (Lipinski definition) is 1. The van der Waals surface area contributed by atoms with Gasteiger partial charge in [-0.05, 0) is 25.5 Å². The summed E-state index contributed by atoms with van der Waals surface area (Å²) < 4.78 is 26.8. The van der Waals surface area contributed by atoms with Crippen LogP contribution in [0.15, 0.2) is 39.7 Å². The predicted molar refractivity (Wildman–Crippen MR) is 75.4 cm³/mol. The number of nitro benzene ring substituents is 1. The highest BCUT2D eigenvalue weighted by atomic mass is 79.9. The molecule has 0 heterocycles. The quantitative estimate of drug-likeness (QED) is 0.370. The third kappa shape index (κ3) is 4.41. The van der Waals surface area contributed by atoms with Crippen LogP contribution in [0.5, 0.6) is 0 Å². The Morgan fingerprint density at radius 2 is 2.16 bits per heavy atom. The van der Waals surface area contributed by atoms with Crippen molar-refractivity contribution in [2.45, 2.75) is 18.2 Å². The summed E-state index contributed by atoms with van der Waals surface area (Å²) in [5.41, 5.74) is -0.443. The van der Waals surface area contributed by atoms with Crippen molar-refractivity contribution in [2.24, 2.45) is 0 Å². The van der Waals surface area contributed by atoms with Crippen LogP contribution in [0.25, 0.3) is 0 Å². The highest BCUT2D eigenvalue weighted by molar-refractivity contribution is 9.10. The maximum absolute atomic E-state index is 12.0. The van der Waals surface area contributed by atoms with Gasteiger partial charge in [-0.3, -0.25) is 10.1 Å². The molecule has 1 rings (SSSR count). The molecule has 0 spiro atoms. The molecule has 0 aliphatic carbocycles. The Hall–Kier alpha value is -1.25. The third-order valence-corrected chi connectivity index (χ3v) is 4.23.